The van der Waals surface area contributed by atoms with Crippen molar-refractivity contribution in [3.8, 4) is 0 Å². The van der Waals surface area contributed by atoms with Gasteiger partial charge in [-0.15, -0.1) is 0 Å². The monoisotopic (exact) mass is 401 g/mol. The number of ether oxygens (including phenoxy) is 1. The summed E-state index contributed by atoms with van der Waals surface area (Å²) in [6.07, 6.45) is 0.500. The molecular weight excluding hydrogens is 374 g/mol. The van der Waals surface area contributed by atoms with Gasteiger partial charge in [-0.2, -0.15) is 4.72 Å². The second-order valence-electron chi connectivity index (χ2n) is 6.34. The SMILES string of the molecule is CCOC(=O)CCSC(=O)[C@H](CC(C)C)NS(=O)(=O)c1ccc(C)cc1. The van der Waals surface area contributed by atoms with E-state index < -0.39 is 16.1 Å². The maximum absolute atomic E-state index is 12.6. The molecule has 146 valence electrons. The van der Waals surface area contributed by atoms with Crippen molar-refractivity contribution in [2.75, 3.05) is 12.4 Å². The number of benzene rings is 1. The molecule has 0 heterocycles. The van der Waals surface area contributed by atoms with Crippen LogP contribution >= 0.6 is 11.8 Å². The highest BCUT2D eigenvalue weighted by Gasteiger charge is 2.26. The first kappa shape index (κ1) is 22.7. The predicted molar refractivity (Wildman–Crippen MR) is 103 cm³/mol. The van der Waals surface area contributed by atoms with Crippen molar-refractivity contribution in [3.05, 3.63) is 29.8 Å². The molecule has 1 aromatic rings. The van der Waals surface area contributed by atoms with E-state index in [9.17, 15) is 18.0 Å². The molecule has 0 saturated heterocycles. The molecule has 0 fully saturated rings. The van der Waals surface area contributed by atoms with Crippen LogP contribution in [0.5, 0.6) is 0 Å². The molecule has 1 N–H and O–H groups in total. The molecule has 0 unspecified atom stereocenters. The second-order valence-corrected chi connectivity index (χ2v) is 9.15. The number of nitrogens with one attached hydrogen (secondary N) is 1. The summed E-state index contributed by atoms with van der Waals surface area (Å²) in [5.74, 6) is 0.0298. The minimum atomic E-state index is -3.79. The van der Waals surface area contributed by atoms with Crippen molar-refractivity contribution in [2.24, 2.45) is 5.92 Å². The second kappa shape index (κ2) is 10.7. The van der Waals surface area contributed by atoms with E-state index in [0.717, 1.165) is 17.3 Å². The molecule has 1 rings (SSSR count). The number of thioether (sulfide) groups is 1. The fourth-order valence-corrected chi connectivity index (χ4v) is 4.31. The summed E-state index contributed by atoms with van der Waals surface area (Å²) in [6.45, 7) is 7.72. The van der Waals surface area contributed by atoms with Crippen molar-refractivity contribution in [1.29, 1.82) is 0 Å². The average Bonchev–Trinajstić information content (AvgIpc) is 2.54. The summed E-state index contributed by atoms with van der Waals surface area (Å²) in [5, 5.41) is -0.293. The number of rotatable bonds is 10. The fourth-order valence-electron chi connectivity index (χ4n) is 2.21. The Balaban J connectivity index is 2.77. The predicted octanol–water partition coefficient (Wildman–Crippen LogP) is 2.90. The highest BCUT2D eigenvalue weighted by molar-refractivity contribution is 8.13. The Morgan fingerprint density at radius 3 is 2.35 bits per heavy atom. The number of carbonyl (C=O) groups excluding carboxylic acids is 2. The summed E-state index contributed by atoms with van der Waals surface area (Å²) in [4.78, 5) is 23.9. The van der Waals surface area contributed by atoms with Crippen molar-refractivity contribution in [1.82, 2.24) is 4.72 Å². The molecule has 0 aliphatic rings. The van der Waals surface area contributed by atoms with Gasteiger partial charge in [0.05, 0.1) is 24.0 Å². The summed E-state index contributed by atoms with van der Waals surface area (Å²) in [6, 6.07) is 5.61. The first-order chi connectivity index (χ1) is 12.2. The van der Waals surface area contributed by atoms with E-state index in [-0.39, 0.29) is 34.1 Å². The molecule has 0 amide bonds. The summed E-state index contributed by atoms with van der Waals surface area (Å²) in [7, 11) is -3.79. The van der Waals surface area contributed by atoms with Crippen LogP contribution in [0.4, 0.5) is 0 Å². The molecule has 0 saturated carbocycles. The molecule has 0 bridgehead atoms. The van der Waals surface area contributed by atoms with Gasteiger partial charge in [0, 0.05) is 5.75 Å². The zero-order valence-corrected chi connectivity index (χ0v) is 17.3. The molecule has 0 aliphatic heterocycles. The smallest absolute Gasteiger partial charge is 0.306 e. The molecular formula is C18H27NO5S2. The van der Waals surface area contributed by atoms with Crippen LogP contribution in [0.3, 0.4) is 0 Å². The lowest BCUT2D eigenvalue weighted by Gasteiger charge is -2.19. The quantitative estimate of drug-likeness (QED) is 0.606. The van der Waals surface area contributed by atoms with Gasteiger partial charge in [0.15, 0.2) is 0 Å². The highest BCUT2D eigenvalue weighted by atomic mass is 32.2. The van der Waals surface area contributed by atoms with E-state index in [4.69, 9.17) is 4.74 Å². The van der Waals surface area contributed by atoms with Crippen molar-refractivity contribution < 1.29 is 22.7 Å². The fraction of sp³-hybridized carbons (Fsp3) is 0.556. The Bertz CT molecular complexity index is 699. The lowest BCUT2D eigenvalue weighted by Crippen LogP contribution is -2.40. The summed E-state index contributed by atoms with van der Waals surface area (Å²) < 4.78 is 32.5. The van der Waals surface area contributed by atoms with Gasteiger partial charge in [-0.3, -0.25) is 9.59 Å². The van der Waals surface area contributed by atoms with Crippen molar-refractivity contribution >= 4 is 32.9 Å². The molecule has 0 radical (unpaired) electrons. The van der Waals surface area contributed by atoms with Gasteiger partial charge < -0.3 is 4.74 Å². The number of hydrogen-bond acceptors (Lipinski definition) is 6. The van der Waals surface area contributed by atoms with Crippen LogP contribution in [0.15, 0.2) is 29.2 Å². The zero-order chi connectivity index (χ0) is 19.7. The van der Waals surface area contributed by atoms with Crippen LogP contribution in [-0.2, 0) is 24.3 Å². The molecule has 1 atom stereocenters. The third-order valence-electron chi connectivity index (χ3n) is 3.48. The first-order valence-corrected chi connectivity index (χ1v) is 11.0. The average molecular weight is 402 g/mol. The number of sulfonamides is 1. The summed E-state index contributed by atoms with van der Waals surface area (Å²) in [5.41, 5.74) is 0.952. The van der Waals surface area contributed by atoms with Gasteiger partial charge in [0.2, 0.25) is 15.1 Å². The zero-order valence-electron chi connectivity index (χ0n) is 15.7. The first-order valence-electron chi connectivity index (χ1n) is 8.57. The Kier molecular flexibility index (Phi) is 9.32. The molecule has 1 aromatic carbocycles. The largest absolute Gasteiger partial charge is 0.466 e. The number of esters is 1. The maximum Gasteiger partial charge on any atom is 0.306 e. The van der Waals surface area contributed by atoms with Crippen LogP contribution in [0.1, 0.15) is 39.2 Å². The van der Waals surface area contributed by atoms with Gasteiger partial charge in [0.25, 0.3) is 0 Å². The highest BCUT2D eigenvalue weighted by Crippen LogP contribution is 2.18. The van der Waals surface area contributed by atoms with Crippen LogP contribution in [-0.4, -0.2) is 37.9 Å². The molecule has 0 aliphatic carbocycles. The third kappa shape index (κ3) is 7.88. The number of carbonyl (C=O) groups is 2. The summed E-state index contributed by atoms with van der Waals surface area (Å²) >= 11 is 0.952. The van der Waals surface area contributed by atoms with Crippen LogP contribution in [0.2, 0.25) is 0 Å². The van der Waals surface area contributed by atoms with E-state index in [1.54, 1.807) is 19.1 Å². The van der Waals surface area contributed by atoms with E-state index >= 15 is 0 Å². The van der Waals surface area contributed by atoms with Gasteiger partial charge in [0.1, 0.15) is 0 Å². The van der Waals surface area contributed by atoms with E-state index in [1.165, 1.54) is 12.1 Å². The van der Waals surface area contributed by atoms with Crippen LogP contribution in [0, 0.1) is 12.8 Å². The Labute approximate surface area is 160 Å². The molecule has 0 aromatic heterocycles. The minimum absolute atomic E-state index is 0.114. The molecule has 0 spiro atoms. The molecule has 8 heteroatoms. The minimum Gasteiger partial charge on any atom is -0.466 e. The van der Waals surface area contributed by atoms with Gasteiger partial charge in [-0.05, 0) is 38.3 Å². The van der Waals surface area contributed by atoms with E-state index in [0.29, 0.717) is 13.0 Å². The van der Waals surface area contributed by atoms with Crippen molar-refractivity contribution in [2.45, 2.75) is 51.5 Å². The van der Waals surface area contributed by atoms with Crippen LogP contribution in [0.25, 0.3) is 0 Å². The third-order valence-corrected chi connectivity index (χ3v) is 5.94. The molecule has 26 heavy (non-hydrogen) atoms. The van der Waals surface area contributed by atoms with Crippen LogP contribution < -0.4 is 4.72 Å². The lowest BCUT2D eigenvalue weighted by atomic mass is 10.1. The Morgan fingerprint density at radius 2 is 1.81 bits per heavy atom. The number of hydrogen-bond donors (Lipinski definition) is 1. The van der Waals surface area contributed by atoms with Gasteiger partial charge in [-0.1, -0.05) is 43.3 Å². The number of aryl methyl sites for hydroxylation is 1. The van der Waals surface area contributed by atoms with Gasteiger partial charge >= 0.3 is 5.97 Å². The topological polar surface area (TPSA) is 89.5 Å². The molecule has 6 nitrogen and oxygen atoms in total. The van der Waals surface area contributed by atoms with Gasteiger partial charge in [-0.25, -0.2) is 8.42 Å². The Morgan fingerprint density at radius 1 is 1.19 bits per heavy atom. The standard InChI is InChI=1S/C18H27NO5S2/c1-5-24-17(20)10-11-25-18(21)16(12-13(2)3)19-26(22,23)15-8-6-14(4)7-9-15/h6-9,13,16,19H,5,10-12H2,1-4H3/t16-/m0/s1. The van der Waals surface area contributed by atoms with E-state index in [2.05, 4.69) is 4.72 Å². The lowest BCUT2D eigenvalue weighted by molar-refractivity contribution is -0.142. The van der Waals surface area contributed by atoms with E-state index in [1.807, 2.05) is 20.8 Å². The Hall–Kier alpha value is -1.38. The maximum atomic E-state index is 12.6. The van der Waals surface area contributed by atoms with Crippen molar-refractivity contribution in [3.63, 3.8) is 0 Å². The normalized spacial score (nSPS) is 12.8.